The second kappa shape index (κ2) is 8.04. The SMILES string of the molecule is Cc1ccc(S(=O)(=O)Nc2ccc(C3(C(=O)NC[C@H]4CCCO4)CC3)cc2)cc1C. The van der Waals surface area contributed by atoms with Crippen molar-refractivity contribution < 1.29 is 17.9 Å². The Morgan fingerprint density at radius 2 is 1.83 bits per heavy atom. The molecule has 160 valence electrons. The highest BCUT2D eigenvalue weighted by Crippen LogP contribution is 2.48. The summed E-state index contributed by atoms with van der Waals surface area (Å²) in [4.78, 5) is 13.0. The molecule has 1 saturated heterocycles. The zero-order valence-electron chi connectivity index (χ0n) is 17.4. The fraction of sp³-hybridized carbons (Fsp3) is 0.435. The van der Waals surface area contributed by atoms with Gasteiger partial charge in [-0.05, 0) is 80.5 Å². The summed E-state index contributed by atoms with van der Waals surface area (Å²) in [7, 11) is -3.66. The predicted molar refractivity (Wildman–Crippen MR) is 116 cm³/mol. The molecule has 0 unspecified atom stereocenters. The Bertz CT molecular complexity index is 1040. The molecule has 6 nitrogen and oxygen atoms in total. The molecular weight excluding hydrogens is 400 g/mol. The van der Waals surface area contributed by atoms with E-state index < -0.39 is 15.4 Å². The molecule has 2 aromatic carbocycles. The van der Waals surface area contributed by atoms with Crippen molar-refractivity contribution in [3.8, 4) is 0 Å². The van der Waals surface area contributed by atoms with Crippen LogP contribution in [-0.2, 0) is 25.0 Å². The molecule has 1 saturated carbocycles. The molecule has 1 atom stereocenters. The Labute approximate surface area is 178 Å². The standard InChI is InChI=1S/C23H28N2O4S/c1-16-5-10-21(14-17(16)2)30(27,28)25-19-8-6-18(7-9-19)23(11-12-23)22(26)24-15-20-4-3-13-29-20/h5-10,14,20,25H,3-4,11-13,15H2,1-2H3,(H,24,26)/t20-/m1/s1. The van der Waals surface area contributed by atoms with Crippen molar-refractivity contribution in [1.29, 1.82) is 0 Å². The van der Waals surface area contributed by atoms with E-state index in [9.17, 15) is 13.2 Å². The summed E-state index contributed by atoms with van der Waals surface area (Å²) in [6, 6.07) is 12.2. The highest BCUT2D eigenvalue weighted by molar-refractivity contribution is 7.92. The van der Waals surface area contributed by atoms with E-state index in [0.717, 1.165) is 49.0 Å². The van der Waals surface area contributed by atoms with Crippen molar-refractivity contribution in [3.63, 3.8) is 0 Å². The molecular formula is C23H28N2O4S. The van der Waals surface area contributed by atoms with Crippen molar-refractivity contribution in [2.75, 3.05) is 17.9 Å². The van der Waals surface area contributed by atoms with E-state index in [2.05, 4.69) is 10.0 Å². The van der Waals surface area contributed by atoms with Gasteiger partial charge < -0.3 is 10.1 Å². The number of hydrogen-bond acceptors (Lipinski definition) is 4. The lowest BCUT2D eigenvalue weighted by Gasteiger charge is -2.18. The molecule has 30 heavy (non-hydrogen) atoms. The Morgan fingerprint density at radius 1 is 1.10 bits per heavy atom. The summed E-state index contributed by atoms with van der Waals surface area (Å²) in [5.41, 5.74) is 2.88. The minimum atomic E-state index is -3.66. The number of nitrogens with one attached hydrogen (secondary N) is 2. The van der Waals surface area contributed by atoms with Crippen molar-refractivity contribution in [2.24, 2.45) is 0 Å². The minimum Gasteiger partial charge on any atom is -0.376 e. The van der Waals surface area contributed by atoms with Gasteiger partial charge in [-0.25, -0.2) is 8.42 Å². The summed E-state index contributed by atoms with van der Waals surface area (Å²) in [6.45, 7) is 5.16. The predicted octanol–water partition coefficient (Wildman–Crippen LogP) is 3.43. The van der Waals surface area contributed by atoms with Crippen molar-refractivity contribution in [2.45, 2.75) is 55.9 Å². The summed E-state index contributed by atoms with van der Waals surface area (Å²) < 4.78 is 33.6. The molecule has 0 bridgehead atoms. The normalized spacial score (nSPS) is 20.0. The van der Waals surface area contributed by atoms with Gasteiger partial charge >= 0.3 is 0 Å². The van der Waals surface area contributed by atoms with E-state index >= 15 is 0 Å². The van der Waals surface area contributed by atoms with Gasteiger partial charge in [-0.15, -0.1) is 0 Å². The molecule has 1 heterocycles. The van der Waals surface area contributed by atoms with Crippen LogP contribution in [0.1, 0.15) is 42.4 Å². The number of anilines is 1. The number of aryl methyl sites for hydroxylation is 2. The van der Waals surface area contributed by atoms with E-state index in [1.54, 1.807) is 30.3 Å². The summed E-state index contributed by atoms with van der Waals surface area (Å²) in [5, 5.41) is 3.03. The van der Waals surface area contributed by atoms with E-state index in [4.69, 9.17) is 4.74 Å². The van der Waals surface area contributed by atoms with Gasteiger partial charge in [-0.2, -0.15) is 0 Å². The summed E-state index contributed by atoms with van der Waals surface area (Å²) >= 11 is 0. The number of carbonyl (C=O) groups is 1. The first-order valence-electron chi connectivity index (χ1n) is 10.4. The van der Waals surface area contributed by atoms with Gasteiger partial charge in [0.2, 0.25) is 5.91 Å². The van der Waals surface area contributed by atoms with E-state index in [1.807, 2.05) is 26.0 Å². The first-order valence-corrected chi connectivity index (χ1v) is 11.9. The third-order valence-electron chi connectivity index (χ3n) is 6.18. The van der Waals surface area contributed by atoms with Gasteiger partial charge in [-0.3, -0.25) is 9.52 Å². The zero-order chi connectivity index (χ0) is 21.4. The van der Waals surface area contributed by atoms with Crippen LogP contribution in [0, 0.1) is 13.8 Å². The maximum absolute atomic E-state index is 12.8. The summed E-state index contributed by atoms with van der Waals surface area (Å²) in [5.74, 6) is 0.0291. The number of hydrogen-bond donors (Lipinski definition) is 2. The maximum Gasteiger partial charge on any atom is 0.261 e. The van der Waals surface area contributed by atoms with Gasteiger partial charge in [-0.1, -0.05) is 18.2 Å². The van der Waals surface area contributed by atoms with Crippen LogP contribution in [-0.4, -0.2) is 33.6 Å². The lowest BCUT2D eigenvalue weighted by molar-refractivity contribution is -0.124. The number of amides is 1. The van der Waals surface area contributed by atoms with E-state index in [0.29, 0.717) is 12.2 Å². The summed E-state index contributed by atoms with van der Waals surface area (Å²) in [6.07, 6.45) is 3.76. The zero-order valence-corrected chi connectivity index (χ0v) is 18.2. The smallest absolute Gasteiger partial charge is 0.261 e. The van der Waals surface area contributed by atoms with E-state index in [1.165, 1.54) is 0 Å². The molecule has 2 aromatic rings. The van der Waals surface area contributed by atoms with Crippen LogP contribution in [0.15, 0.2) is 47.4 Å². The Kier molecular flexibility index (Phi) is 5.59. The quantitative estimate of drug-likeness (QED) is 0.708. The second-order valence-electron chi connectivity index (χ2n) is 8.36. The molecule has 0 radical (unpaired) electrons. The number of ether oxygens (including phenoxy) is 1. The number of benzene rings is 2. The maximum atomic E-state index is 12.8. The highest BCUT2D eigenvalue weighted by atomic mass is 32.2. The molecule has 1 amide bonds. The Morgan fingerprint density at radius 3 is 2.43 bits per heavy atom. The lowest BCUT2D eigenvalue weighted by atomic mass is 9.94. The van der Waals surface area contributed by atoms with Crippen LogP contribution in [0.3, 0.4) is 0 Å². The topological polar surface area (TPSA) is 84.5 Å². The highest BCUT2D eigenvalue weighted by Gasteiger charge is 2.51. The van der Waals surface area contributed by atoms with Gasteiger partial charge in [0.05, 0.1) is 16.4 Å². The molecule has 2 fully saturated rings. The Balaban J connectivity index is 1.43. The number of sulfonamides is 1. The second-order valence-corrected chi connectivity index (χ2v) is 10.0. The fourth-order valence-corrected chi connectivity index (χ4v) is 5.05. The van der Waals surface area contributed by atoms with E-state index in [-0.39, 0.29) is 16.9 Å². The van der Waals surface area contributed by atoms with Gasteiger partial charge in [0.25, 0.3) is 10.0 Å². The van der Waals surface area contributed by atoms with Gasteiger partial charge in [0.1, 0.15) is 0 Å². The first kappa shape index (κ1) is 20.9. The molecule has 4 rings (SSSR count). The fourth-order valence-electron chi connectivity index (χ4n) is 3.91. The van der Waals surface area contributed by atoms with Crippen molar-refractivity contribution in [3.05, 3.63) is 59.2 Å². The van der Waals surface area contributed by atoms with Crippen molar-refractivity contribution in [1.82, 2.24) is 5.32 Å². The third kappa shape index (κ3) is 4.23. The largest absolute Gasteiger partial charge is 0.376 e. The van der Waals surface area contributed by atoms with Crippen LogP contribution >= 0.6 is 0 Å². The molecule has 0 spiro atoms. The molecule has 0 aromatic heterocycles. The number of rotatable bonds is 7. The van der Waals surface area contributed by atoms with Crippen molar-refractivity contribution >= 4 is 21.6 Å². The minimum absolute atomic E-state index is 0.0291. The number of carbonyl (C=O) groups excluding carboxylic acids is 1. The monoisotopic (exact) mass is 428 g/mol. The average Bonchev–Trinajstić information content (AvgIpc) is 3.36. The third-order valence-corrected chi connectivity index (χ3v) is 7.56. The van der Waals surface area contributed by atoms with Crippen LogP contribution in [0.2, 0.25) is 0 Å². The first-order chi connectivity index (χ1) is 14.3. The molecule has 2 aliphatic rings. The van der Waals surface area contributed by atoms with Gasteiger partial charge in [0.15, 0.2) is 0 Å². The van der Waals surface area contributed by atoms with Crippen LogP contribution in [0.5, 0.6) is 0 Å². The molecule has 1 aliphatic carbocycles. The van der Waals surface area contributed by atoms with Crippen LogP contribution in [0.25, 0.3) is 0 Å². The van der Waals surface area contributed by atoms with Gasteiger partial charge in [0, 0.05) is 18.8 Å². The Hall–Kier alpha value is -2.38. The molecule has 1 aliphatic heterocycles. The molecule has 2 N–H and O–H groups in total. The molecule has 7 heteroatoms. The van der Waals surface area contributed by atoms with Crippen LogP contribution in [0.4, 0.5) is 5.69 Å². The van der Waals surface area contributed by atoms with Crippen LogP contribution < -0.4 is 10.0 Å². The average molecular weight is 429 g/mol. The lowest BCUT2D eigenvalue weighted by Crippen LogP contribution is -2.39.